The monoisotopic (exact) mass is 256 g/mol. The number of carbonyl (C=O) groups is 1. The Balaban J connectivity index is 2.23. The Morgan fingerprint density at radius 1 is 0.947 bits per heavy atom. The molecule has 2 aromatic carbocycles. The summed E-state index contributed by atoms with van der Waals surface area (Å²) in [4.78, 5) is 11.8. The molecule has 4 heteroatoms. The van der Waals surface area contributed by atoms with Gasteiger partial charge in [-0.1, -0.05) is 12.1 Å². The molecule has 4 nitrogen and oxygen atoms in total. The Hall–Kier alpha value is -2.75. The average molecular weight is 256 g/mol. The van der Waals surface area contributed by atoms with Crippen molar-refractivity contribution in [2.75, 3.05) is 0 Å². The molecule has 2 rings (SSSR count). The van der Waals surface area contributed by atoms with Gasteiger partial charge >= 0.3 is 0 Å². The second kappa shape index (κ2) is 5.27. The van der Waals surface area contributed by atoms with Crippen LogP contribution in [0.2, 0.25) is 0 Å². The molecule has 0 aliphatic carbocycles. The molecule has 0 bridgehead atoms. The van der Waals surface area contributed by atoms with Crippen LogP contribution in [0, 0.1) is 0 Å². The van der Waals surface area contributed by atoms with Crippen LogP contribution in [0.3, 0.4) is 0 Å². The summed E-state index contributed by atoms with van der Waals surface area (Å²) in [6, 6.07) is 10.0. The number of aromatic hydroxyl groups is 3. The van der Waals surface area contributed by atoms with Crippen molar-refractivity contribution in [1.29, 1.82) is 0 Å². The normalized spacial score (nSPS) is 10.7. The molecule has 19 heavy (non-hydrogen) atoms. The summed E-state index contributed by atoms with van der Waals surface area (Å²) in [7, 11) is 0. The molecule has 0 unspecified atom stereocenters. The quantitative estimate of drug-likeness (QED) is 0.448. The van der Waals surface area contributed by atoms with Crippen LogP contribution in [0.15, 0.2) is 48.5 Å². The second-order valence-electron chi connectivity index (χ2n) is 3.99. The number of hydrogen-bond donors (Lipinski definition) is 3. The van der Waals surface area contributed by atoms with Crippen LogP contribution in [-0.2, 0) is 0 Å². The summed E-state index contributed by atoms with van der Waals surface area (Å²) in [6.07, 6.45) is 2.67. The van der Waals surface area contributed by atoms with E-state index in [4.69, 9.17) is 0 Å². The Morgan fingerprint density at radius 2 is 1.68 bits per heavy atom. The third-order valence-corrected chi connectivity index (χ3v) is 2.56. The highest BCUT2D eigenvalue weighted by Crippen LogP contribution is 2.23. The minimum atomic E-state index is -0.307. The first-order valence-corrected chi connectivity index (χ1v) is 5.60. The van der Waals surface area contributed by atoms with Crippen molar-refractivity contribution in [2.24, 2.45) is 0 Å². The highest BCUT2D eigenvalue weighted by atomic mass is 16.3. The highest BCUT2D eigenvalue weighted by Gasteiger charge is 2.04. The number of rotatable bonds is 3. The Bertz CT molecular complexity index is 644. The van der Waals surface area contributed by atoms with Crippen molar-refractivity contribution in [1.82, 2.24) is 0 Å². The van der Waals surface area contributed by atoms with Gasteiger partial charge in [-0.3, -0.25) is 4.79 Å². The van der Waals surface area contributed by atoms with E-state index in [1.807, 2.05) is 0 Å². The molecule has 0 aliphatic heterocycles. The number of phenols is 3. The first-order valence-electron chi connectivity index (χ1n) is 5.60. The first kappa shape index (κ1) is 12.7. The van der Waals surface area contributed by atoms with Crippen LogP contribution >= 0.6 is 0 Å². The SMILES string of the molecule is O=C(/C=C/c1cc(O)ccc1O)c1cccc(O)c1. The van der Waals surface area contributed by atoms with Crippen molar-refractivity contribution < 1.29 is 20.1 Å². The third-order valence-electron chi connectivity index (χ3n) is 2.56. The van der Waals surface area contributed by atoms with Crippen LogP contribution in [0.4, 0.5) is 0 Å². The molecule has 2 aromatic rings. The van der Waals surface area contributed by atoms with Crippen molar-refractivity contribution in [3.05, 3.63) is 59.7 Å². The summed E-state index contributed by atoms with van der Waals surface area (Å²) in [6.45, 7) is 0. The van der Waals surface area contributed by atoms with Gasteiger partial charge < -0.3 is 15.3 Å². The maximum Gasteiger partial charge on any atom is 0.185 e. The number of carbonyl (C=O) groups excluding carboxylic acids is 1. The van der Waals surface area contributed by atoms with E-state index in [1.165, 1.54) is 42.5 Å². The molecule has 3 N–H and O–H groups in total. The van der Waals surface area contributed by atoms with Gasteiger partial charge in [0, 0.05) is 11.1 Å². The van der Waals surface area contributed by atoms with Crippen molar-refractivity contribution >= 4 is 11.9 Å². The summed E-state index contributed by atoms with van der Waals surface area (Å²) in [5, 5.41) is 28.1. The van der Waals surface area contributed by atoms with Crippen molar-refractivity contribution in [3.8, 4) is 17.2 Å². The minimum absolute atomic E-state index is 0.00209. The van der Waals surface area contributed by atoms with E-state index < -0.39 is 0 Å². The van der Waals surface area contributed by atoms with Gasteiger partial charge in [0.05, 0.1) is 0 Å². The molecule has 0 fully saturated rings. The molecule has 0 spiro atoms. The fourth-order valence-corrected chi connectivity index (χ4v) is 1.60. The van der Waals surface area contributed by atoms with E-state index in [1.54, 1.807) is 12.1 Å². The second-order valence-corrected chi connectivity index (χ2v) is 3.99. The predicted octanol–water partition coefficient (Wildman–Crippen LogP) is 2.70. The lowest BCUT2D eigenvalue weighted by molar-refractivity contribution is 0.104. The van der Waals surface area contributed by atoms with Gasteiger partial charge in [0.1, 0.15) is 17.2 Å². The predicted molar refractivity (Wildman–Crippen MR) is 71.2 cm³/mol. The number of benzene rings is 2. The smallest absolute Gasteiger partial charge is 0.185 e. The summed E-state index contributed by atoms with van der Waals surface area (Å²) < 4.78 is 0. The lowest BCUT2D eigenvalue weighted by atomic mass is 10.1. The molecule has 0 atom stereocenters. The number of hydrogen-bond acceptors (Lipinski definition) is 4. The fourth-order valence-electron chi connectivity index (χ4n) is 1.60. The van der Waals surface area contributed by atoms with Crippen LogP contribution in [-0.4, -0.2) is 21.1 Å². The van der Waals surface area contributed by atoms with Gasteiger partial charge in [0.25, 0.3) is 0 Å². The molecule has 0 aromatic heterocycles. The zero-order valence-electron chi connectivity index (χ0n) is 9.95. The molecule has 0 aliphatic rings. The largest absolute Gasteiger partial charge is 0.508 e. The van der Waals surface area contributed by atoms with Crippen LogP contribution in [0.5, 0.6) is 17.2 Å². The molecular weight excluding hydrogens is 244 g/mol. The summed E-state index contributed by atoms with van der Waals surface area (Å²) in [5.41, 5.74) is 0.685. The number of allylic oxidation sites excluding steroid dienone is 1. The van der Waals surface area contributed by atoms with E-state index in [-0.39, 0.29) is 23.0 Å². The Morgan fingerprint density at radius 3 is 2.42 bits per heavy atom. The number of phenolic OH excluding ortho intramolecular Hbond substituents is 3. The zero-order valence-corrected chi connectivity index (χ0v) is 9.95. The zero-order chi connectivity index (χ0) is 13.8. The van der Waals surface area contributed by atoms with Crippen LogP contribution < -0.4 is 0 Å². The lowest BCUT2D eigenvalue weighted by Crippen LogP contribution is -1.93. The van der Waals surface area contributed by atoms with E-state index in [2.05, 4.69) is 0 Å². The Kier molecular flexibility index (Phi) is 3.52. The lowest BCUT2D eigenvalue weighted by Gasteiger charge is -2.00. The van der Waals surface area contributed by atoms with Gasteiger partial charge in [0.2, 0.25) is 0 Å². The standard InChI is InChI=1S/C15H12O4/c16-12-3-1-2-10(8-12)14(18)6-4-11-9-13(17)5-7-15(11)19/h1-9,16-17,19H/b6-4+. The molecule has 96 valence electrons. The Labute approximate surface area is 109 Å². The molecule has 0 amide bonds. The topological polar surface area (TPSA) is 77.8 Å². The van der Waals surface area contributed by atoms with Crippen LogP contribution in [0.25, 0.3) is 6.08 Å². The molecular formula is C15H12O4. The van der Waals surface area contributed by atoms with E-state index >= 15 is 0 Å². The molecule has 0 saturated heterocycles. The highest BCUT2D eigenvalue weighted by molar-refractivity contribution is 6.07. The maximum atomic E-state index is 11.8. The van der Waals surface area contributed by atoms with E-state index in [0.717, 1.165) is 0 Å². The molecule has 0 saturated carbocycles. The van der Waals surface area contributed by atoms with Gasteiger partial charge in [-0.05, 0) is 42.5 Å². The third kappa shape index (κ3) is 3.13. The maximum absolute atomic E-state index is 11.8. The molecule has 0 heterocycles. The van der Waals surface area contributed by atoms with E-state index in [0.29, 0.717) is 11.1 Å². The van der Waals surface area contributed by atoms with Gasteiger partial charge in [-0.25, -0.2) is 0 Å². The summed E-state index contributed by atoms with van der Waals surface area (Å²) in [5.74, 6) is -0.321. The van der Waals surface area contributed by atoms with Gasteiger partial charge in [-0.15, -0.1) is 0 Å². The molecule has 0 radical (unpaired) electrons. The first-order chi connectivity index (χ1) is 9.06. The van der Waals surface area contributed by atoms with Crippen molar-refractivity contribution in [3.63, 3.8) is 0 Å². The number of ketones is 1. The van der Waals surface area contributed by atoms with Gasteiger partial charge in [-0.2, -0.15) is 0 Å². The average Bonchev–Trinajstić information content (AvgIpc) is 2.39. The van der Waals surface area contributed by atoms with Gasteiger partial charge in [0.15, 0.2) is 5.78 Å². The van der Waals surface area contributed by atoms with Crippen molar-refractivity contribution in [2.45, 2.75) is 0 Å². The fraction of sp³-hybridized carbons (Fsp3) is 0. The summed E-state index contributed by atoms with van der Waals surface area (Å²) >= 11 is 0. The van der Waals surface area contributed by atoms with Crippen LogP contribution in [0.1, 0.15) is 15.9 Å². The minimum Gasteiger partial charge on any atom is -0.508 e. The van der Waals surface area contributed by atoms with E-state index in [9.17, 15) is 20.1 Å².